The van der Waals surface area contributed by atoms with Gasteiger partial charge in [0.05, 0.1) is 12.8 Å². The normalized spacial score (nSPS) is 11.2. The van der Waals surface area contributed by atoms with E-state index < -0.39 is 20.7 Å². The quantitative estimate of drug-likeness (QED) is 0.806. The molecular weight excluding hydrogens is 363 g/mol. The Hall–Kier alpha value is -1.80. The summed E-state index contributed by atoms with van der Waals surface area (Å²) in [4.78, 5) is -0.524. The third kappa shape index (κ3) is 3.45. The number of hydrogen-bond acceptors (Lipinski definition) is 4. The van der Waals surface area contributed by atoms with Gasteiger partial charge in [0.25, 0.3) is 10.0 Å². The van der Waals surface area contributed by atoms with Crippen LogP contribution in [-0.4, -0.2) is 15.5 Å². The van der Waals surface area contributed by atoms with Crippen LogP contribution in [0.1, 0.15) is 0 Å². The first kappa shape index (κ1) is 15.6. The molecule has 2 aromatic carbocycles. The molecule has 2 aromatic rings. The van der Waals surface area contributed by atoms with E-state index in [2.05, 4.69) is 20.7 Å². The standard InChI is InChI=1S/C13H12BrFN2O3S/c1-20-12-5-2-8(14)6-11(12)17-21(18,19)13-7-9(16)3-4-10(13)15/h2-7,17H,16H2,1H3. The predicted molar refractivity (Wildman–Crippen MR) is 82.3 cm³/mol. The van der Waals surface area contributed by atoms with E-state index in [1.165, 1.54) is 19.2 Å². The van der Waals surface area contributed by atoms with Gasteiger partial charge in [-0.15, -0.1) is 0 Å². The molecule has 0 bridgehead atoms. The highest BCUT2D eigenvalue weighted by Crippen LogP contribution is 2.30. The second kappa shape index (κ2) is 5.90. The highest BCUT2D eigenvalue weighted by Gasteiger charge is 2.21. The maximum Gasteiger partial charge on any atom is 0.265 e. The highest BCUT2D eigenvalue weighted by atomic mass is 79.9. The second-order valence-electron chi connectivity index (χ2n) is 4.14. The van der Waals surface area contributed by atoms with Crippen LogP contribution >= 0.6 is 15.9 Å². The number of nitrogens with two attached hydrogens (primary N) is 1. The van der Waals surface area contributed by atoms with E-state index >= 15 is 0 Å². The van der Waals surface area contributed by atoms with E-state index in [0.29, 0.717) is 10.2 Å². The number of rotatable bonds is 4. The minimum Gasteiger partial charge on any atom is -0.495 e. The Morgan fingerprint density at radius 1 is 1.24 bits per heavy atom. The first-order valence-corrected chi connectivity index (χ1v) is 8.02. The fourth-order valence-corrected chi connectivity index (χ4v) is 3.22. The summed E-state index contributed by atoms with van der Waals surface area (Å²) in [5, 5.41) is 0. The average Bonchev–Trinajstić information content (AvgIpc) is 2.41. The van der Waals surface area contributed by atoms with Crippen LogP contribution in [0.4, 0.5) is 15.8 Å². The predicted octanol–water partition coefficient (Wildman–Crippen LogP) is 2.98. The lowest BCUT2D eigenvalue weighted by Crippen LogP contribution is -2.15. The SMILES string of the molecule is COc1ccc(Br)cc1NS(=O)(=O)c1cc(N)ccc1F. The Morgan fingerprint density at radius 3 is 2.62 bits per heavy atom. The fraction of sp³-hybridized carbons (Fsp3) is 0.0769. The molecule has 0 fully saturated rings. The number of hydrogen-bond donors (Lipinski definition) is 2. The minimum atomic E-state index is -4.12. The highest BCUT2D eigenvalue weighted by molar-refractivity contribution is 9.10. The van der Waals surface area contributed by atoms with Crippen molar-refractivity contribution in [3.8, 4) is 5.75 Å². The van der Waals surface area contributed by atoms with Crippen molar-refractivity contribution in [1.82, 2.24) is 0 Å². The zero-order chi connectivity index (χ0) is 15.6. The van der Waals surface area contributed by atoms with Crippen LogP contribution in [0.2, 0.25) is 0 Å². The molecule has 0 atom stereocenters. The van der Waals surface area contributed by atoms with Crippen LogP contribution in [-0.2, 0) is 10.0 Å². The van der Waals surface area contributed by atoms with Gasteiger partial charge in [-0.1, -0.05) is 15.9 Å². The van der Waals surface area contributed by atoms with Gasteiger partial charge < -0.3 is 10.5 Å². The average molecular weight is 375 g/mol. The third-order valence-electron chi connectivity index (χ3n) is 2.65. The molecule has 0 aliphatic rings. The molecule has 0 saturated heterocycles. The van der Waals surface area contributed by atoms with Crippen molar-refractivity contribution in [2.24, 2.45) is 0 Å². The van der Waals surface area contributed by atoms with Crippen LogP contribution in [0.25, 0.3) is 0 Å². The Kier molecular flexibility index (Phi) is 4.38. The third-order valence-corrected chi connectivity index (χ3v) is 4.52. The molecule has 0 amide bonds. The lowest BCUT2D eigenvalue weighted by atomic mass is 10.3. The number of halogens is 2. The molecule has 5 nitrogen and oxygen atoms in total. The molecule has 0 spiro atoms. The summed E-state index contributed by atoms with van der Waals surface area (Å²) in [5.74, 6) is -0.572. The van der Waals surface area contributed by atoms with Gasteiger partial charge >= 0.3 is 0 Å². The molecule has 0 heterocycles. The molecule has 0 aliphatic carbocycles. The fourth-order valence-electron chi connectivity index (χ4n) is 1.69. The molecule has 21 heavy (non-hydrogen) atoms. The Balaban J connectivity index is 2.47. The first-order chi connectivity index (χ1) is 9.83. The summed E-state index contributed by atoms with van der Waals surface area (Å²) >= 11 is 3.23. The number of benzene rings is 2. The molecule has 0 aliphatic heterocycles. The van der Waals surface area contributed by atoms with Gasteiger partial charge in [-0.3, -0.25) is 4.72 Å². The van der Waals surface area contributed by atoms with Crippen molar-refractivity contribution >= 4 is 37.3 Å². The smallest absolute Gasteiger partial charge is 0.265 e. The Morgan fingerprint density at radius 2 is 1.95 bits per heavy atom. The molecule has 0 radical (unpaired) electrons. The van der Waals surface area contributed by atoms with Crippen LogP contribution in [0.5, 0.6) is 5.75 Å². The topological polar surface area (TPSA) is 81.4 Å². The van der Waals surface area contributed by atoms with Crippen molar-refractivity contribution in [1.29, 1.82) is 0 Å². The maximum absolute atomic E-state index is 13.7. The van der Waals surface area contributed by atoms with Gasteiger partial charge in [-0.25, -0.2) is 12.8 Å². The van der Waals surface area contributed by atoms with Crippen molar-refractivity contribution in [2.75, 3.05) is 17.6 Å². The van der Waals surface area contributed by atoms with Crippen LogP contribution in [0.15, 0.2) is 45.8 Å². The number of anilines is 2. The van der Waals surface area contributed by atoms with E-state index in [0.717, 1.165) is 12.1 Å². The van der Waals surface area contributed by atoms with Crippen molar-refractivity contribution in [2.45, 2.75) is 4.90 Å². The Bertz CT molecular complexity index is 781. The maximum atomic E-state index is 13.7. The van der Waals surface area contributed by atoms with Gasteiger partial charge in [0.2, 0.25) is 0 Å². The summed E-state index contributed by atoms with van der Waals surface area (Å²) in [6.45, 7) is 0. The molecule has 3 N–H and O–H groups in total. The molecular formula is C13H12BrFN2O3S. The van der Waals surface area contributed by atoms with Gasteiger partial charge in [0, 0.05) is 10.2 Å². The Labute approximate surface area is 130 Å². The molecule has 2 rings (SSSR count). The molecule has 0 unspecified atom stereocenters. The second-order valence-corrected chi connectivity index (χ2v) is 6.71. The molecule has 0 aromatic heterocycles. The first-order valence-electron chi connectivity index (χ1n) is 5.75. The zero-order valence-electron chi connectivity index (χ0n) is 10.9. The lowest BCUT2D eigenvalue weighted by Gasteiger charge is -2.13. The van der Waals surface area contributed by atoms with E-state index in [4.69, 9.17) is 10.5 Å². The van der Waals surface area contributed by atoms with E-state index in [-0.39, 0.29) is 11.4 Å². The summed E-state index contributed by atoms with van der Waals surface area (Å²) in [7, 11) is -2.72. The molecule has 112 valence electrons. The van der Waals surface area contributed by atoms with Gasteiger partial charge in [-0.2, -0.15) is 0 Å². The summed E-state index contributed by atoms with van der Waals surface area (Å²) in [5.41, 5.74) is 5.85. The van der Waals surface area contributed by atoms with Crippen molar-refractivity contribution in [3.63, 3.8) is 0 Å². The number of sulfonamides is 1. The zero-order valence-corrected chi connectivity index (χ0v) is 13.3. The van der Waals surface area contributed by atoms with Crippen LogP contribution in [0.3, 0.4) is 0 Å². The monoisotopic (exact) mass is 374 g/mol. The van der Waals surface area contributed by atoms with Gasteiger partial charge in [-0.05, 0) is 36.4 Å². The van der Waals surface area contributed by atoms with Gasteiger partial charge in [0.1, 0.15) is 16.5 Å². The summed E-state index contributed by atoms with van der Waals surface area (Å²) in [6.07, 6.45) is 0. The number of methoxy groups -OCH3 is 1. The number of nitrogens with one attached hydrogen (secondary N) is 1. The van der Waals surface area contributed by atoms with Crippen molar-refractivity contribution in [3.05, 3.63) is 46.7 Å². The molecule has 0 saturated carbocycles. The van der Waals surface area contributed by atoms with E-state index in [1.807, 2.05) is 0 Å². The van der Waals surface area contributed by atoms with Crippen molar-refractivity contribution < 1.29 is 17.5 Å². The van der Waals surface area contributed by atoms with E-state index in [9.17, 15) is 12.8 Å². The minimum absolute atomic E-state index is 0.151. The van der Waals surface area contributed by atoms with E-state index in [1.54, 1.807) is 12.1 Å². The van der Waals surface area contributed by atoms with Crippen LogP contribution in [0, 0.1) is 5.82 Å². The lowest BCUT2D eigenvalue weighted by molar-refractivity contribution is 0.417. The summed E-state index contributed by atoms with van der Waals surface area (Å²) in [6, 6.07) is 8.13. The summed E-state index contributed by atoms with van der Waals surface area (Å²) < 4.78 is 46.3. The van der Waals surface area contributed by atoms with Gasteiger partial charge in [0.15, 0.2) is 0 Å². The number of nitrogen functional groups attached to an aromatic ring is 1. The largest absolute Gasteiger partial charge is 0.495 e. The van der Waals surface area contributed by atoms with Crippen LogP contribution < -0.4 is 15.2 Å². The molecule has 8 heteroatoms. The number of ether oxygens (including phenoxy) is 1.